The molecule has 9 heteroatoms. The van der Waals surface area contributed by atoms with Gasteiger partial charge in [0.05, 0.1) is 4.47 Å². The number of piperidine rings is 1. The number of amidine groups is 1. The second kappa shape index (κ2) is 9.47. The number of carbonyl (C=O) groups is 2. The Kier molecular flexibility index (Phi) is 7.54. The second-order valence-corrected chi connectivity index (χ2v) is 8.36. The lowest BCUT2D eigenvalue weighted by Gasteiger charge is -2.33. The number of hydrogen-bond acceptors (Lipinski definition) is 5. The van der Waals surface area contributed by atoms with E-state index in [0.717, 1.165) is 0 Å². The molecule has 0 aliphatic carbocycles. The molecule has 1 saturated heterocycles. The van der Waals surface area contributed by atoms with Crippen LogP contribution in [0.15, 0.2) is 27.7 Å². The maximum atomic E-state index is 13.4. The van der Waals surface area contributed by atoms with E-state index < -0.39 is 24.2 Å². The Morgan fingerprint density at radius 2 is 2.00 bits per heavy atom. The van der Waals surface area contributed by atoms with Gasteiger partial charge in [0.1, 0.15) is 18.1 Å². The van der Waals surface area contributed by atoms with Crippen LogP contribution >= 0.6 is 15.9 Å². The fraction of sp³-hybridized carbons (Fsp3) is 0.526. The molecule has 1 amide bonds. The third-order valence-corrected chi connectivity index (χ3v) is 4.77. The van der Waals surface area contributed by atoms with Gasteiger partial charge in [-0.2, -0.15) is 0 Å². The van der Waals surface area contributed by atoms with Gasteiger partial charge >= 0.3 is 6.09 Å². The number of carbonyl (C=O) groups excluding carboxylic acids is 2. The van der Waals surface area contributed by atoms with Crippen LogP contribution in [0.4, 0.5) is 14.9 Å². The van der Waals surface area contributed by atoms with Crippen molar-refractivity contribution in [3.05, 3.63) is 28.5 Å². The summed E-state index contributed by atoms with van der Waals surface area (Å²) in [6.07, 6.45) is 0.547. The number of likely N-dealkylation sites (tertiary alicyclic amines) is 1. The number of aliphatic hydroxyl groups excluding tert-OH is 1. The van der Waals surface area contributed by atoms with E-state index >= 15 is 0 Å². The van der Waals surface area contributed by atoms with Gasteiger partial charge in [0.15, 0.2) is 5.84 Å². The minimum Gasteiger partial charge on any atom is -0.444 e. The van der Waals surface area contributed by atoms with Gasteiger partial charge in [-0.3, -0.25) is 4.79 Å². The zero-order valence-corrected chi connectivity index (χ0v) is 17.8. The van der Waals surface area contributed by atoms with Crippen molar-refractivity contribution in [3.63, 3.8) is 0 Å². The highest BCUT2D eigenvalue weighted by molar-refractivity contribution is 9.10. The first-order valence-electron chi connectivity index (χ1n) is 9.00. The molecular formula is C19H25BrFN3O4. The third kappa shape index (κ3) is 6.27. The third-order valence-electron chi connectivity index (χ3n) is 4.16. The van der Waals surface area contributed by atoms with Crippen molar-refractivity contribution in [1.29, 1.82) is 0 Å². The Balaban J connectivity index is 2.00. The highest BCUT2D eigenvalue weighted by Crippen LogP contribution is 2.23. The highest BCUT2D eigenvalue weighted by Gasteiger charge is 2.31. The second-order valence-electron chi connectivity index (χ2n) is 7.51. The molecule has 2 N–H and O–H groups in total. The fourth-order valence-electron chi connectivity index (χ4n) is 2.80. The van der Waals surface area contributed by atoms with Gasteiger partial charge < -0.3 is 20.1 Å². The van der Waals surface area contributed by atoms with Crippen molar-refractivity contribution in [3.8, 4) is 0 Å². The number of rotatable bonds is 4. The summed E-state index contributed by atoms with van der Waals surface area (Å²) in [5.41, 5.74) is -0.0991. The monoisotopic (exact) mass is 457 g/mol. The number of aliphatic hydroxyl groups is 1. The minimum absolute atomic E-state index is 0.0109. The molecule has 1 heterocycles. The first-order valence-corrected chi connectivity index (χ1v) is 9.79. The molecule has 0 aromatic heterocycles. The number of ether oxygens (including phenoxy) is 1. The van der Waals surface area contributed by atoms with Gasteiger partial charge in [-0.1, -0.05) is 0 Å². The van der Waals surface area contributed by atoms with Crippen molar-refractivity contribution in [2.24, 2.45) is 10.9 Å². The van der Waals surface area contributed by atoms with Crippen LogP contribution in [0.5, 0.6) is 0 Å². The van der Waals surface area contributed by atoms with E-state index in [9.17, 15) is 14.0 Å². The summed E-state index contributed by atoms with van der Waals surface area (Å²) in [7, 11) is 0. The molecule has 1 aliphatic rings. The van der Waals surface area contributed by atoms with Gasteiger partial charge in [0.25, 0.3) is 0 Å². The lowest BCUT2D eigenvalue weighted by molar-refractivity contribution is -0.117. The van der Waals surface area contributed by atoms with E-state index in [1.54, 1.807) is 25.7 Å². The lowest BCUT2D eigenvalue weighted by atomic mass is 9.92. The Labute approximate surface area is 172 Å². The minimum atomic E-state index is -0.571. The molecule has 1 aliphatic heterocycles. The summed E-state index contributed by atoms with van der Waals surface area (Å²) in [4.78, 5) is 30.4. The van der Waals surface area contributed by atoms with Gasteiger partial charge in [-0.05, 0) is 67.7 Å². The van der Waals surface area contributed by atoms with Crippen molar-refractivity contribution in [1.82, 2.24) is 4.90 Å². The number of hydrogen-bond donors (Lipinski definition) is 2. The highest BCUT2D eigenvalue weighted by atomic mass is 79.9. The molecule has 28 heavy (non-hydrogen) atoms. The Morgan fingerprint density at radius 3 is 2.54 bits per heavy atom. The number of Topliss-reactive ketones (excluding diaryl/α,β-unsaturated/α-hetero) is 1. The number of aliphatic imine (C=N–C) groups is 1. The van der Waals surface area contributed by atoms with Crippen molar-refractivity contribution >= 4 is 39.3 Å². The van der Waals surface area contributed by atoms with Gasteiger partial charge in [0, 0.05) is 24.7 Å². The van der Waals surface area contributed by atoms with Gasteiger partial charge in [-0.15, -0.1) is 0 Å². The first kappa shape index (κ1) is 22.3. The van der Waals surface area contributed by atoms with Crippen LogP contribution in [-0.2, 0) is 9.53 Å². The van der Waals surface area contributed by atoms with Crippen LogP contribution in [-0.4, -0.2) is 53.1 Å². The molecule has 1 aromatic carbocycles. The molecule has 0 saturated carbocycles. The zero-order valence-electron chi connectivity index (χ0n) is 16.2. The number of anilines is 1. The molecule has 0 radical (unpaired) electrons. The van der Waals surface area contributed by atoms with Crippen LogP contribution in [0.1, 0.15) is 33.6 Å². The number of benzene rings is 1. The van der Waals surface area contributed by atoms with E-state index in [4.69, 9.17) is 9.84 Å². The van der Waals surface area contributed by atoms with Crippen LogP contribution < -0.4 is 5.32 Å². The summed E-state index contributed by atoms with van der Waals surface area (Å²) in [6.45, 7) is 5.67. The first-order chi connectivity index (χ1) is 13.1. The molecule has 1 fully saturated rings. The SMILES string of the molecule is CC(C)(C)OC(=O)N1CCC(C(=O)/C(=N/CO)Nc2ccc(F)c(Br)c2)CC1. The normalized spacial score (nSPS) is 16.1. The van der Waals surface area contributed by atoms with Gasteiger partial charge in [0.2, 0.25) is 5.78 Å². The molecule has 0 bridgehead atoms. The predicted molar refractivity (Wildman–Crippen MR) is 108 cm³/mol. The van der Waals surface area contributed by atoms with Crippen LogP contribution in [0.3, 0.4) is 0 Å². The Morgan fingerprint density at radius 1 is 1.36 bits per heavy atom. The smallest absolute Gasteiger partial charge is 0.410 e. The number of nitrogens with zero attached hydrogens (tertiary/aromatic N) is 2. The molecule has 1 aromatic rings. The maximum absolute atomic E-state index is 13.4. The number of nitrogens with one attached hydrogen (secondary N) is 1. The molecule has 0 spiro atoms. The number of amides is 1. The van der Waals surface area contributed by atoms with Crippen molar-refractivity contribution < 1.29 is 23.8 Å². The zero-order chi connectivity index (χ0) is 20.9. The van der Waals surface area contributed by atoms with Crippen molar-refractivity contribution in [2.45, 2.75) is 39.2 Å². The number of halogens is 2. The fourth-order valence-corrected chi connectivity index (χ4v) is 3.18. The quantitative estimate of drug-likeness (QED) is 0.532. The topological polar surface area (TPSA) is 91.2 Å². The molecule has 0 atom stereocenters. The molecule has 7 nitrogen and oxygen atoms in total. The van der Waals surface area contributed by atoms with E-state index in [0.29, 0.717) is 31.6 Å². The summed E-state index contributed by atoms with van der Waals surface area (Å²) in [5, 5.41) is 12.0. The van der Waals surface area contributed by atoms with E-state index in [1.165, 1.54) is 18.2 Å². The van der Waals surface area contributed by atoms with Gasteiger partial charge in [-0.25, -0.2) is 14.2 Å². The summed E-state index contributed by atoms with van der Waals surface area (Å²) in [5.74, 6) is -0.998. The van der Waals surface area contributed by atoms with Crippen LogP contribution in [0.25, 0.3) is 0 Å². The average Bonchev–Trinajstić information content (AvgIpc) is 2.62. The summed E-state index contributed by atoms with van der Waals surface area (Å²) < 4.78 is 19.0. The molecular weight excluding hydrogens is 433 g/mol. The van der Waals surface area contributed by atoms with Crippen LogP contribution in [0, 0.1) is 11.7 Å². The Hall–Kier alpha value is -2.00. The lowest BCUT2D eigenvalue weighted by Crippen LogP contribution is -2.44. The Bertz CT molecular complexity index is 756. The molecule has 0 unspecified atom stereocenters. The van der Waals surface area contributed by atoms with E-state index in [2.05, 4.69) is 26.2 Å². The van der Waals surface area contributed by atoms with E-state index in [1.807, 2.05) is 0 Å². The summed E-state index contributed by atoms with van der Waals surface area (Å²) >= 11 is 3.09. The van der Waals surface area contributed by atoms with E-state index in [-0.39, 0.29) is 22.0 Å². The van der Waals surface area contributed by atoms with Crippen molar-refractivity contribution in [2.75, 3.05) is 25.1 Å². The standard InChI is InChI=1S/C19H25BrFN3O4/c1-19(2,3)28-18(27)24-8-6-12(7-9-24)16(26)17(22-11-25)23-13-4-5-15(21)14(20)10-13/h4-5,10,12,25H,6-9,11H2,1-3H3,(H,22,23). The maximum Gasteiger partial charge on any atom is 0.410 e. The molecule has 154 valence electrons. The predicted octanol–water partition coefficient (Wildman–Crippen LogP) is 3.56. The van der Waals surface area contributed by atoms with Crippen LogP contribution in [0.2, 0.25) is 0 Å². The summed E-state index contributed by atoms with van der Waals surface area (Å²) in [6, 6.07) is 4.22. The number of ketones is 1. The average molecular weight is 458 g/mol. The molecule has 2 rings (SSSR count). The largest absolute Gasteiger partial charge is 0.444 e.